The maximum Gasteiger partial charge on any atom is 0.122 e. The number of nitrogen functional groups attached to an aromatic ring is 1. The number of benzene rings is 1. The average molecular weight is 250 g/mol. The Bertz CT molecular complexity index is 386. The molecule has 3 N–H and O–H groups in total. The van der Waals surface area contributed by atoms with Crippen LogP contribution >= 0.6 is 11.8 Å². The summed E-state index contributed by atoms with van der Waals surface area (Å²) in [5, 5.41) is 7.39. The number of aryl methyl sites for hydroxylation is 1. The van der Waals surface area contributed by atoms with Crippen molar-refractivity contribution in [1.82, 2.24) is 0 Å². The highest BCUT2D eigenvalue weighted by Gasteiger charge is 2.03. The van der Waals surface area contributed by atoms with Crippen LogP contribution in [0.1, 0.15) is 37.0 Å². The molecule has 0 heterocycles. The molecule has 0 amide bonds. The lowest BCUT2D eigenvalue weighted by Gasteiger charge is -2.08. The quantitative estimate of drug-likeness (QED) is 0.461. The van der Waals surface area contributed by atoms with Gasteiger partial charge in [-0.1, -0.05) is 26.0 Å². The van der Waals surface area contributed by atoms with Gasteiger partial charge in [-0.2, -0.15) is 11.8 Å². The Morgan fingerprint density at radius 1 is 1.41 bits per heavy atom. The van der Waals surface area contributed by atoms with E-state index in [0.29, 0.717) is 0 Å². The van der Waals surface area contributed by atoms with Gasteiger partial charge >= 0.3 is 0 Å². The summed E-state index contributed by atoms with van der Waals surface area (Å²) in [4.78, 5) is 0. The molecule has 0 aromatic heterocycles. The van der Waals surface area contributed by atoms with Gasteiger partial charge in [-0.15, -0.1) is 0 Å². The van der Waals surface area contributed by atoms with Crippen molar-refractivity contribution in [2.24, 2.45) is 11.7 Å². The fourth-order valence-electron chi connectivity index (χ4n) is 1.53. The zero-order valence-electron chi connectivity index (χ0n) is 10.9. The van der Waals surface area contributed by atoms with Crippen LogP contribution in [0.25, 0.3) is 0 Å². The number of nitrogens with one attached hydrogen (secondary N) is 1. The summed E-state index contributed by atoms with van der Waals surface area (Å²) >= 11 is 1.98. The molecule has 0 bridgehead atoms. The van der Waals surface area contributed by atoms with Crippen LogP contribution < -0.4 is 5.73 Å². The molecule has 0 atom stereocenters. The average Bonchev–Trinajstić information content (AvgIpc) is 2.25. The smallest absolute Gasteiger partial charge is 0.122 e. The van der Waals surface area contributed by atoms with Crippen LogP contribution in [-0.2, 0) is 5.75 Å². The van der Waals surface area contributed by atoms with Crippen LogP contribution in [0, 0.1) is 18.3 Å². The van der Waals surface area contributed by atoms with Gasteiger partial charge in [0.05, 0.1) is 0 Å². The van der Waals surface area contributed by atoms with E-state index in [1.807, 2.05) is 23.9 Å². The third-order valence-electron chi connectivity index (χ3n) is 2.75. The number of nitrogens with two attached hydrogens (primary N) is 1. The zero-order valence-corrected chi connectivity index (χ0v) is 11.7. The Morgan fingerprint density at radius 3 is 2.65 bits per heavy atom. The molecule has 0 aliphatic rings. The molecule has 0 fully saturated rings. The Kier molecular flexibility index (Phi) is 5.56. The van der Waals surface area contributed by atoms with Gasteiger partial charge in [0.1, 0.15) is 5.84 Å². The first-order valence-corrected chi connectivity index (χ1v) is 7.18. The van der Waals surface area contributed by atoms with Crippen molar-refractivity contribution < 1.29 is 0 Å². The third kappa shape index (κ3) is 4.82. The van der Waals surface area contributed by atoms with Gasteiger partial charge in [-0.3, -0.25) is 5.41 Å². The van der Waals surface area contributed by atoms with Gasteiger partial charge in [-0.05, 0) is 42.2 Å². The predicted molar refractivity (Wildman–Crippen MR) is 77.8 cm³/mol. The molecule has 0 radical (unpaired) electrons. The lowest BCUT2D eigenvalue weighted by Crippen LogP contribution is -2.11. The molecule has 0 saturated heterocycles. The summed E-state index contributed by atoms with van der Waals surface area (Å²) in [6.07, 6.45) is 1.27. The maximum absolute atomic E-state index is 7.39. The molecule has 2 nitrogen and oxygen atoms in total. The monoisotopic (exact) mass is 250 g/mol. The Hall–Kier alpha value is -0.960. The molecule has 17 heavy (non-hydrogen) atoms. The first kappa shape index (κ1) is 14.1. The summed E-state index contributed by atoms with van der Waals surface area (Å²) in [6.45, 7) is 6.60. The zero-order chi connectivity index (χ0) is 12.8. The third-order valence-corrected chi connectivity index (χ3v) is 3.79. The molecular weight excluding hydrogens is 228 g/mol. The Morgan fingerprint density at radius 2 is 2.12 bits per heavy atom. The summed E-state index contributed by atoms with van der Waals surface area (Å²) in [5.74, 6) is 3.19. The highest BCUT2D eigenvalue weighted by molar-refractivity contribution is 7.98. The normalized spacial score (nSPS) is 10.8. The van der Waals surface area contributed by atoms with Crippen LogP contribution in [0.3, 0.4) is 0 Å². The van der Waals surface area contributed by atoms with Crippen molar-refractivity contribution in [3.8, 4) is 0 Å². The fraction of sp³-hybridized carbons (Fsp3) is 0.500. The van der Waals surface area contributed by atoms with E-state index in [4.69, 9.17) is 11.1 Å². The topological polar surface area (TPSA) is 49.9 Å². The molecule has 0 saturated carbocycles. The molecule has 1 aromatic rings. The van der Waals surface area contributed by atoms with Crippen LogP contribution in [0.5, 0.6) is 0 Å². The van der Waals surface area contributed by atoms with Crippen molar-refractivity contribution in [3.63, 3.8) is 0 Å². The van der Waals surface area contributed by atoms with E-state index in [9.17, 15) is 0 Å². The van der Waals surface area contributed by atoms with Gasteiger partial charge in [0.2, 0.25) is 0 Å². The van der Waals surface area contributed by atoms with Crippen molar-refractivity contribution in [2.75, 3.05) is 5.75 Å². The maximum atomic E-state index is 7.39. The molecule has 0 spiro atoms. The lowest BCUT2D eigenvalue weighted by atomic mass is 10.1. The highest BCUT2D eigenvalue weighted by atomic mass is 32.2. The van der Waals surface area contributed by atoms with Gasteiger partial charge in [0, 0.05) is 11.3 Å². The second-order valence-corrected chi connectivity index (χ2v) is 5.90. The highest BCUT2D eigenvalue weighted by Crippen LogP contribution is 2.19. The van der Waals surface area contributed by atoms with Crippen molar-refractivity contribution in [3.05, 3.63) is 34.9 Å². The van der Waals surface area contributed by atoms with E-state index in [-0.39, 0.29) is 5.84 Å². The van der Waals surface area contributed by atoms with E-state index in [1.165, 1.54) is 23.3 Å². The largest absolute Gasteiger partial charge is 0.384 e. The van der Waals surface area contributed by atoms with Crippen LogP contribution in [0.4, 0.5) is 0 Å². The van der Waals surface area contributed by atoms with Gasteiger partial charge < -0.3 is 5.73 Å². The standard InChI is InChI=1S/C14H22N2S/c1-10(2)6-7-17-9-13-5-4-12(14(15)16)8-11(13)3/h4-5,8,10H,6-7,9H2,1-3H3,(H3,15,16). The van der Waals surface area contributed by atoms with E-state index >= 15 is 0 Å². The minimum atomic E-state index is 0.145. The SMILES string of the molecule is Cc1cc(C(=N)N)ccc1CSCCC(C)C. The molecular formula is C14H22N2S. The molecule has 1 aromatic carbocycles. The van der Waals surface area contributed by atoms with Crippen molar-refractivity contribution in [2.45, 2.75) is 32.9 Å². The minimum absolute atomic E-state index is 0.145. The summed E-state index contributed by atoms with van der Waals surface area (Å²) in [5.41, 5.74) is 8.87. The first-order valence-electron chi connectivity index (χ1n) is 6.02. The number of hydrogen-bond acceptors (Lipinski definition) is 2. The number of rotatable bonds is 6. The number of thioether (sulfide) groups is 1. The minimum Gasteiger partial charge on any atom is -0.384 e. The van der Waals surface area contributed by atoms with Crippen molar-refractivity contribution >= 4 is 17.6 Å². The first-order chi connectivity index (χ1) is 8.00. The fourth-order valence-corrected chi connectivity index (χ4v) is 2.85. The van der Waals surface area contributed by atoms with E-state index < -0.39 is 0 Å². The second-order valence-electron chi connectivity index (χ2n) is 4.79. The Balaban J connectivity index is 2.52. The van der Waals surface area contributed by atoms with E-state index in [2.05, 4.69) is 26.8 Å². The summed E-state index contributed by atoms with van der Waals surface area (Å²) in [6, 6.07) is 6.03. The summed E-state index contributed by atoms with van der Waals surface area (Å²) < 4.78 is 0. The van der Waals surface area contributed by atoms with E-state index in [0.717, 1.165) is 17.2 Å². The predicted octanol–water partition coefficient (Wildman–Crippen LogP) is 3.56. The molecule has 1 rings (SSSR count). The van der Waals surface area contributed by atoms with Crippen LogP contribution in [0.2, 0.25) is 0 Å². The Labute approximate surface area is 108 Å². The molecule has 0 aliphatic carbocycles. The lowest BCUT2D eigenvalue weighted by molar-refractivity contribution is 0.632. The number of hydrogen-bond donors (Lipinski definition) is 2. The van der Waals surface area contributed by atoms with Crippen LogP contribution in [-0.4, -0.2) is 11.6 Å². The van der Waals surface area contributed by atoms with Gasteiger partial charge in [0.25, 0.3) is 0 Å². The molecule has 0 unspecified atom stereocenters. The molecule has 0 aliphatic heterocycles. The summed E-state index contributed by atoms with van der Waals surface area (Å²) in [7, 11) is 0. The number of amidine groups is 1. The van der Waals surface area contributed by atoms with Gasteiger partial charge in [-0.25, -0.2) is 0 Å². The molecule has 3 heteroatoms. The van der Waals surface area contributed by atoms with Crippen molar-refractivity contribution in [1.29, 1.82) is 5.41 Å². The molecule has 94 valence electrons. The van der Waals surface area contributed by atoms with Crippen LogP contribution in [0.15, 0.2) is 18.2 Å². The second kappa shape index (κ2) is 6.70. The van der Waals surface area contributed by atoms with E-state index in [1.54, 1.807) is 0 Å². The van der Waals surface area contributed by atoms with Gasteiger partial charge in [0.15, 0.2) is 0 Å².